The maximum absolute atomic E-state index is 12.2. The van der Waals surface area contributed by atoms with Crippen molar-refractivity contribution >= 4 is 27.5 Å². The summed E-state index contributed by atoms with van der Waals surface area (Å²) in [6, 6.07) is 15.4. The van der Waals surface area contributed by atoms with E-state index in [4.69, 9.17) is 0 Å². The fraction of sp³-hybridized carbons (Fsp3) is 0.188. The number of amides is 1. The van der Waals surface area contributed by atoms with Crippen molar-refractivity contribution in [2.75, 3.05) is 11.9 Å². The van der Waals surface area contributed by atoms with Crippen LogP contribution in [0.1, 0.15) is 22.8 Å². The summed E-state index contributed by atoms with van der Waals surface area (Å²) in [5.41, 5.74) is 2.60. The van der Waals surface area contributed by atoms with E-state index in [9.17, 15) is 4.79 Å². The van der Waals surface area contributed by atoms with E-state index >= 15 is 0 Å². The molecular weight excluding hydrogens is 316 g/mol. The molecule has 2 rings (SSSR count). The van der Waals surface area contributed by atoms with Gasteiger partial charge >= 0.3 is 0 Å². The van der Waals surface area contributed by atoms with E-state index in [-0.39, 0.29) is 5.91 Å². The quantitative estimate of drug-likeness (QED) is 0.874. The molecule has 0 saturated heterocycles. The lowest BCUT2D eigenvalue weighted by molar-refractivity contribution is 0.0951. The van der Waals surface area contributed by atoms with E-state index in [2.05, 4.69) is 26.6 Å². The molecule has 2 aromatic carbocycles. The highest BCUT2D eigenvalue weighted by atomic mass is 79.9. The van der Waals surface area contributed by atoms with Crippen LogP contribution in [0.5, 0.6) is 0 Å². The lowest BCUT2D eigenvalue weighted by Crippen LogP contribution is -2.23. The summed E-state index contributed by atoms with van der Waals surface area (Å²) < 4.78 is 1.01. The van der Waals surface area contributed by atoms with Crippen molar-refractivity contribution in [2.24, 2.45) is 0 Å². The van der Waals surface area contributed by atoms with Crippen LogP contribution in [0.3, 0.4) is 0 Å². The standard InChI is InChI=1S/C16H17BrN2O/c1-2-18-15-9-4-3-8-14(15)16(20)19-11-12-6-5-7-13(17)10-12/h3-10,18H,2,11H2,1H3,(H,19,20). The van der Waals surface area contributed by atoms with Gasteiger partial charge in [-0.05, 0) is 36.8 Å². The molecule has 4 heteroatoms. The topological polar surface area (TPSA) is 41.1 Å². The molecule has 2 aromatic rings. The van der Waals surface area contributed by atoms with Gasteiger partial charge in [-0.2, -0.15) is 0 Å². The fourth-order valence-electron chi connectivity index (χ4n) is 1.95. The average Bonchev–Trinajstić information content (AvgIpc) is 2.46. The summed E-state index contributed by atoms with van der Waals surface area (Å²) in [7, 11) is 0. The number of carbonyl (C=O) groups is 1. The number of nitrogens with one attached hydrogen (secondary N) is 2. The van der Waals surface area contributed by atoms with Gasteiger partial charge in [0.25, 0.3) is 5.91 Å². The molecule has 0 heterocycles. The third-order valence-electron chi connectivity index (χ3n) is 2.88. The first-order valence-corrected chi connectivity index (χ1v) is 7.35. The molecule has 0 aliphatic rings. The molecule has 2 N–H and O–H groups in total. The number of para-hydroxylation sites is 1. The molecular formula is C16H17BrN2O. The number of rotatable bonds is 5. The molecule has 0 atom stereocenters. The SMILES string of the molecule is CCNc1ccccc1C(=O)NCc1cccc(Br)c1. The minimum Gasteiger partial charge on any atom is -0.385 e. The zero-order valence-corrected chi connectivity index (χ0v) is 12.9. The Morgan fingerprint density at radius 1 is 1.15 bits per heavy atom. The highest BCUT2D eigenvalue weighted by Crippen LogP contribution is 2.15. The minimum atomic E-state index is -0.0680. The van der Waals surface area contributed by atoms with E-state index in [1.807, 2.05) is 55.5 Å². The second-order valence-electron chi connectivity index (χ2n) is 4.39. The van der Waals surface area contributed by atoms with Crippen LogP contribution in [0, 0.1) is 0 Å². The molecule has 0 spiro atoms. The van der Waals surface area contributed by atoms with Crippen molar-refractivity contribution in [1.82, 2.24) is 5.32 Å². The summed E-state index contributed by atoms with van der Waals surface area (Å²) in [6.45, 7) is 3.31. The largest absolute Gasteiger partial charge is 0.385 e. The van der Waals surface area contributed by atoms with Gasteiger partial charge in [-0.1, -0.05) is 40.2 Å². The van der Waals surface area contributed by atoms with Gasteiger partial charge < -0.3 is 10.6 Å². The second-order valence-corrected chi connectivity index (χ2v) is 5.30. The van der Waals surface area contributed by atoms with E-state index < -0.39 is 0 Å². The Labute approximate surface area is 127 Å². The highest BCUT2D eigenvalue weighted by Gasteiger charge is 2.09. The molecule has 104 valence electrons. The first-order chi connectivity index (χ1) is 9.70. The number of anilines is 1. The van der Waals surface area contributed by atoms with Crippen LogP contribution in [-0.2, 0) is 6.54 Å². The molecule has 0 bridgehead atoms. The van der Waals surface area contributed by atoms with Crippen LogP contribution in [0.4, 0.5) is 5.69 Å². The molecule has 0 aliphatic heterocycles. The molecule has 0 radical (unpaired) electrons. The molecule has 0 fully saturated rings. The van der Waals surface area contributed by atoms with Gasteiger partial charge in [0, 0.05) is 23.2 Å². The summed E-state index contributed by atoms with van der Waals surface area (Å²) in [5, 5.41) is 6.14. The molecule has 0 aromatic heterocycles. The molecule has 20 heavy (non-hydrogen) atoms. The lowest BCUT2D eigenvalue weighted by atomic mass is 10.1. The van der Waals surface area contributed by atoms with Gasteiger partial charge in [-0.15, -0.1) is 0 Å². The zero-order chi connectivity index (χ0) is 14.4. The van der Waals surface area contributed by atoms with Crippen molar-refractivity contribution < 1.29 is 4.79 Å². The normalized spacial score (nSPS) is 10.1. The van der Waals surface area contributed by atoms with Crippen LogP contribution in [0.15, 0.2) is 53.0 Å². The number of hydrogen-bond donors (Lipinski definition) is 2. The maximum Gasteiger partial charge on any atom is 0.253 e. The predicted octanol–water partition coefficient (Wildman–Crippen LogP) is 3.81. The van der Waals surface area contributed by atoms with Crippen LogP contribution < -0.4 is 10.6 Å². The smallest absolute Gasteiger partial charge is 0.253 e. The minimum absolute atomic E-state index is 0.0680. The third kappa shape index (κ3) is 3.84. The molecule has 1 amide bonds. The van der Waals surface area contributed by atoms with Crippen LogP contribution in [0.25, 0.3) is 0 Å². The molecule has 3 nitrogen and oxygen atoms in total. The number of hydrogen-bond acceptors (Lipinski definition) is 2. The number of benzene rings is 2. The summed E-state index contributed by atoms with van der Waals surface area (Å²) in [5.74, 6) is -0.0680. The highest BCUT2D eigenvalue weighted by molar-refractivity contribution is 9.10. The third-order valence-corrected chi connectivity index (χ3v) is 3.37. The van der Waals surface area contributed by atoms with E-state index in [0.29, 0.717) is 12.1 Å². The molecule has 0 aliphatic carbocycles. The van der Waals surface area contributed by atoms with Crippen LogP contribution in [-0.4, -0.2) is 12.5 Å². The summed E-state index contributed by atoms with van der Waals surface area (Å²) in [6.07, 6.45) is 0. The van der Waals surface area contributed by atoms with Crippen molar-refractivity contribution in [2.45, 2.75) is 13.5 Å². The predicted molar refractivity (Wildman–Crippen MR) is 85.9 cm³/mol. The number of carbonyl (C=O) groups excluding carboxylic acids is 1. The monoisotopic (exact) mass is 332 g/mol. The Bertz CT molecular complexity index is 599. The Morgan fingerprint density at radius 2 is 1.95 bits per heavy atom. The summed E-state index contributed by atoms with van der Waals surface area (Å²) in [4.78, 5) is 12.2. The van der Waals surface area contributed by atoms with Crippen molar-refractivity contribution in [3.63, 3.8) is 0 Å². The first kappa shape index (κ1) is 14.6. The van der Waals surface area contributed by atoms with Gasteiger partial charge in [0.05, 0.1) is 5.56 Å². The van der Waals surface area contributed by atoms with Gasteiger partial charge in [0.15, 0.2) is 0 Å². The van der Waals surface area contributed by atoms with E-state index in [0.717, 1.165) is 22.3 Å². The maximum atomic E-state index is 12.2. The average molecular weight is 333 g/mol. The van der Waals surface area contributed by atoms with Crippen molar-refractivity contribution in [3.05, 3.63) is 64.1 Å². The second kappa shape index (κ2) is 7.10. The summed E-state index contributed by atoms with van der Waals surface area (Å²) >= 11 is 3.42. The van der Waals surface area contributed by atoms with Gasteiger partial charge in [0.2, 0.25) is 0 Å². The van der Waals surface area contributed by atoms with E-state index in [1.54, 1.807) is 0 Å². The Hall–Kier alpha value is -1.81. The Balaban J connectivity index is 2.05. The van der Waals surface area contributed by atoms with Crippen molar-refractivity contribution in [3.8, 4) is 0 Å². The van der Waals surface area contributed by atoms with Gasteiger partial charge in [-0.25, -0.2) is 0 Å². The van der Waals surface area contributed by atoms with Gasteiger partial charge in [-0.3, -0.25) is 4.79 Å². The Kier molecular flexibility index (Phi) is 5.18. The lowest BCUT2D eigenvalue weighted by Gasteiger charge is -2.11. The van der Waals surface area contributed by atoms with E-state index in [1.165, 1.54) is 0 Å². The van der Waals surface area contributed by atoms with Gasteiger partial charge in [0.1, 0.15) is 0 Å². The Morgan fingerprint density at radius 3 is 2.70 bits per heavy atom. The first-order valence-electron chi connectivity index (χ1n) is 6.56. The number of halogens is 1. The van der Waals surface area contributed by atoms with Crippen molar-refractivity contribution in [1.29, 1.82) is 0 Å². The molecule has 0 unspecified atom stereocenters. The fourth-order valence-corrected chi connectivity index (χ4v) is 2.40. The van der Waals surface area contributed by atoms with Crippen LogP contribution >= 0.6 is 15.9 Å². The van der Waals surface area contributed by atoms with Crippen LogP contribution in [0.2, 0.25) is 0 Å². The zero-order valence-electron chi connectivity index (χ0n) is 11.3. The molecule has 0 saturated carbocycles.